The van der Waals surface area contributed by atoms with Crippen molar-refractivity contribution in [1.29, 1.82) is 0 Å². The van der Waals surface area contributed by atoms with E-state index in [4.69, 9.17) is 0 Å². The van der Waals surface area contributed by atoms with E-state index in [-0.39, 0.29) is 0 Å². The van der Waals surface area contributed by atoms with Gasteiger partial charge in [-0.15, -0.1) is 0 Å². The van der Waals surface area contributed by atoms with Gasteiger partial charge in [-0.05, 0) is 35.2 Å². The molecular formula is C10H14BrN3. The van der Waals surface area contributed by atoms with E-state index in [1.165, 1.54) is 6.42 Å². The van der Waals surface area contributed by atoms with Crippen LogP contribution in [0.1, 0.15) is 20.3 Å². The Bertz CT molecular complexity index is 312. The van der Waals surface area contributed by atoms with Crippen LogP contribution in [0.2, 0.25) is 0 Å². The fourth-order valence-corrected chi connectivity index (χ4v) is 2.04. The Morgan fingerprint density at radius 3 is 2.50 bits per heavy atom. The molecule has 2 unspecified atom stereocenters. The van der Waals surface area contributed by atoms with Crippen molar-refractivity contribution in [3.05, 3.63) is 16.9 Å². The fourth-order valence-electron chi connectivity index (χ4n) is 1.83. The zero-order valence-corrected chi connectivity index (χ0v) is 10.0. The van der Waals surface area contributed by atoms with Crippen molar-refractivity contribution in [3.8, 4) is 0 Å². The fraction of sp³-hybridized carbons (Fsp3) is 0.600. The number of anilines is 1. The Labute approximate surface area is 92.7 Å². The average molecular weight is 256 g/mol. The summed E-state index contributed by atoms with van der Waals surface area (Å²) in [5.41, 5.74) is 0. The second-order valence-electron chi connectivity index (χ2n) is 3.90. The minimum Gasteiger partial charge on any atom is -0.338 e. The number of aromatic nitrogens is 2. The van der Waals surface area contributed by atoms with Crippen molar-refractivity contribution >= 4 is 21.9 Å². The molecular weight excluding hydrogens is 242 g/mol. The van der Waals surface area contributed by atoms with Crippen LogP contribution < -0.4 is 4.90 Å². The van der Waals surface area contributed by atoms with Gasteiger partial charge >= 0.3 is 0 Å². The van der Waals surface area contributed by atoms with Crippen LogP contribution in [0.25, 0.3) is 0 Å². The van der Waals surface area contributed by atoms with Crippen LogP contribution >= 0.6 is 15.9 Å². The molecule has 0 bridgehead atoms. The van der Waals surface area contributed by atoms with Gasteiger partial charge in [0.2, 0.25) is 5.95 Å². The molecule has 1 aliphatic heterocycles. The van der Waals surface area contributed by atoms with E-state index in [9.17, 15) is 0 Å². The number of hydrogen-bond donors (Lipinski definition) is 0. The van der Waals surface area contributed by atoms with Crippen LogP contribution in [-0.4, -0.2) is 22.6 Å². The van der Waals surface area contributed by atoms with Crippen molar-refractivity contribution in [2.45, 2.75) is 26.3 Å². The maximum Gasteiger partial charge on any atom is 0.225 e. The molecule has 2 atom stereocenters. The van der Waals surface area contributed by atoms with Gasteiger partial charge in [0.25, 0.3) is 0 Å². The largest absolute Gasteiger partial charge is 0.338 e. The molecule has 0 spiro atoms. The Hall–Kier alpha value is -0.640. The zero-order valence-electron chi connectivity index (χ0n) is 8.44. The molecule has 0 aromatic carbocycles. The Morgan fingerprint density at radius 1 is 1.36 bits per heavy atom. The Morgan fingerprint density at radius 2 is 2.00 bits per heavy atom. The highest BCUT2D eigenvalue weighted by molar-refractivity contribution is 9.10. The summed E-state index contributed by atoms with van der Waals surface area (Å²) in [5.74, 6) is 1.59. The van der Waals surface area contributed by atoms with Crippen molar-refractivity contribution in [1.82, 2.24) is 9.97 Å². The molecule has 4 heteroatoms. The number of rotatable bonds is 1. The van der Waals surface area contributed by atoms with Crippen LogP contribution in [0.3, 0.4) is 0 Å². The van der Waals surface area contributed by atoms with Crippen molar-refractivity contribution < 1.29 is 0 Å². The summed E-state index contributed by atoms with van der Waals surface area (Å²) in [6, 6.07) is 0.552. The highest BCUT2D eigenvalue weighted by Gasteiger charge is 2.28. The minimum atomic E-state index is 0.552. The van der Waals surface area contributed by atoms with Gasteiger partial charge in [-0.3, -0.25) is 0 Å². The molecule has 0 aliphatic carbocycles. The van der Waals surface area contributed by atoms with E-state index in [0.29, 0.717) is 6.04 Å². The van der Waals surface area contributed by atoms with Crippen LogP contribution in [0.15, 0.2) is 16.9 Å². The van der Waals surface area contributed by atoms with Gasteiger partial charge in [0.05, 0.1) is 4.47 Å². The third-order valence-electron chi connectivity index (χ3n) is 3.00. The van der Waals surface area contributed by atoms with E-state index in [2.05, 4.69) is 44.6 Å². The van der Waals surface area contributed by atoms with Crippen LogP contribution in [-0.2, 0) is 0 Å². The van der Waals surface area contributed by atoms with Crippen LogP contribution in [0.4, 0.5) is 5.95 Å². The van der Waals surface area contributed by atoms with Crippen molar-refractivity contribution in [3.63, 3.8) is 0 Å². The van der Waals surface area contributed by atoms with Gasteiger partial charge < -0.3 is 4.90 Å². The lowest BCUT2D eigenvalue weighted by molar-refractivity contribution is 0.542. The first kappa shape index (κ1) is 9.90. The van der Waals surface area contributed by atoms with Gasteiger partial charge in [-0.25, -0.2) is 9.97 Å². The Kier molecular flexibility index (Phi) is 2.72. The normalized spacial score (nSPS) is 26.9. The smallest absolute Gasteiger partial charge is 0.225 e. The third kappa shape index (κ3) is 1.75. The van der Waals surface area contributed by atoms with E-state index in [0.717, 1.165) is 22.9 Å². The van der Waals surface area contributed by atoms with Gasteiger partial charge in [-0.1, -0.05) is 6.92 Å². The molecule has 0 saturated carbocycles. The molecule has 76 valence electrons. The monoisotopic (exact) mass is 255 g/mol. The van der Waals surface area contributed by atoms with E-state index in [1.807, 2.05) is 0 Å². The summed E-state index contributed by atoms with van der Waals surface area (Å²) in [7, 11) is 0. The van der Waals surface area contributed by atoms with Crippen molar-refractivity contribution in [2.24, 2.45) is 5.92 Å². The Balaban J connectivity index is 2.19. The molecule has 0 N–H and O–H groups in total. The number of hydrogen-bond acceptors (Lipinski definition) is 3. The number of halogens is 1. The molecule has 0 radical (unpaired) electrons. The lowest BCUT2D eigenvalue weighted by Crippen LogP contribution is -2.30. The van der Waals surface area contributed by atoms with Gasteiger partial charge in [0.1, 0.15) is 0 Å². The quantitative estimate of drug-likeness (QED) is 0.772. The molecule has 3 nitrogen and oxygen atoms in total. The average Bonchev–Trinajstić information content (AvgIpc) is 2.50. The van der Waals surface area contributed by atoms with E-state index in [1.54, 1.807) is 12.4 Å². The molecule has 2 heterocycles. The molecule has 2 rings (SSSR count). The number of nitrogens with zero attached hydrogens (tertiary/aromatic N) is 3. The summed E-state index contributed by atoms with van der Waals surface area (Å²) in [5, 5.41) is 0. The third-order valence-corrected chi connectivity index (χ3v) is 3.41. The summed E-state index contributed by atoms with van der Waals surface area (Å²) in [6.45, 7) is 5.59. The molecule has 1 saturated heterocycles. The molecule has 1 aromatic rings. The van der Waals surface area contributed by atoms with Crippen molar-refractivity contribution in [2.75, 3.05) is 11.4 Å². The molecule has 14 heavy (non-hydrogen) atoms. The highest BCUT2D eigenvalue weighted by atomic mass is 79.9. The summed E-state index contributed by atoms with van der Waals surface area (Å²) < 4.78 is 0.932. The highest BCUT2D eigenvalue weighted by Crippen LogP contribution is 2.26. The first-order valence-corrected chi connectivity index (χ1v) is 5.72. The van der Waals surface area contributed by atoms with Crippen LogP contribution in [0.5, 0.6) is 0 Å². The van der Waals surface area contributed by atoms with Gasteiger partial charge in [0.15, 0.2) is 0 Å². The lowest BCUT2D eigenvalue weighted by Gasteiger charge is -2.22. The SMILES string of the molecule is CC1CCN(c2ncc(Br)cn2)C1C. The summed E-state index contributed by atoms with van der Waals surface area (Å²) in [6.07, 6.45) is 4.84. The van der Waals surface area contributed by atoms with E-state index < -0.39 is 0 Å². The first-order valence-electron chi connectivity index (χ1n) is 4.92. The lowest BCUT2D eigenvalue weighted by atomic mass is 10.1. The van der Waals surface area contributed by atoms with Gasteiger partial charge in [0, 0.05) is 25.0 Å². The second-order valence-corrected chi connectivity index (χ2v) is 4.82. The zero-order chi connectivity index (χ0) is 10.1. The summed E-state index contributed by atoms with van der Waals surface area (Å²) in [4.78, 5) is 10.9. The minimum absolute atomic E-state index is 0.552. The summed E-state index contributed by atoms with van der Waals surface area (Å²) >= 11 is 3.34. The predicted octanol–water partition coefficient (Wildman–Crippen LogP) is 2.47. The maximum absolute atomic E-state index is 4.31. The molecule has 1 aromatic heterocycles. The first-order chi connectivity index (χ1) is 6.68. The maximum atomic E-state index is 4.31. The van der Waals surface area contributed by atoms with Gasteiger partial charge in [-0.2, -0.15) is 0 Å². The van der Waals surface area contributed by atoms with E-state index >= 15 is 0 Å². The second kappa shape index (κ2) is 3.85. The molecule has 0 amide bonds. The molecule has 1 aliphatic rings. The predicted molar refractivity (Wildman–Crippen MR) is 60.3 cm³/mol. The molecule has 1 fully saturated rings. The topological polar surface area (TPSA) is 29.0 Å². The standard InChI is InChI=1S/C10H14BrN3/c1-7-3-4-14(8(7)2)10-12-5-9(11)6-13-10/h5-8H,3-4H2,1-2H3. The van der Waals surface area contributed by atoms with Crippen LogP contribution in [0, 0.1) is 5.92 Å².